The molecule has 0 aromatic carbocycles. The molecule has 60 valence electrons. The Morgan fingerprint density at radius 1 is 1.36 bits per heavy atom. The van der Waals surface area contributed by atoms with Crippen molar-refractivity contribution in [3.05, 3.63) is 23.5 Å². The third-order valence-corrected chi connectivity index (χ3v) is 2.14. The zero-order valence-electron chi connectivity index (χ0n) is 7.13. The third-order valence-electron chi connectivity index (χ3n) is 1.67. The molecule has 0 saturated carbocycles. The largest absolute Gasteiger partial charge is 0.257 e. The van der Waals surface area contributed by atoms with Crippen molar-refractivity contribution in [2.24, 2.45) is 0 Å². The molecule has 1 aromatic heterocycles. The first-order chi connectivity index (χ1) is 5.11. The molecule has 0 amide bonds. The fraction of sp³-hybridized carbons (Fsp3) is 0.444. The van der Waals surface area contributed by atoms with E-state index in [1.165, 1.54) is 0 Å². The third kappa shape index (κ3) is 1.96. The first-order valence-electron chi connectivity index (χ1n) is 3.77. The zero-order valence-corrected chi connectivity index (χ0v) is 8.02. The molecule has 0 saturated heterocycles. The summed E-state index contributed by atoms with van der Waals surface area (Å²) in [5, 5.41) is 0. The van der Waals surface area contributed by atoms with Crippen LogP contribution < -0.4 is 0 Å². The van der Waals surface area contributed by atoms with Crippen LogP contribution in [0.5, 0.6) is 0 Å². The number of thiol groups is 1. The average molecular weight is 167 g/mol. The van der Waals surface area contributed by atoms with Crippen LogP contribution in [0.2, 0.25) is 0 Å². The number of rotatable bonds is 1. The van der Waals surface area contributed by atoms with Gasteiger partial charge in [-0.3, -0.25) is 4.98 Å². The van der Waals surface area contributed by atoms with Crippen molar-refractivity contribution in [3.63, 3.8) is 0 Å². The Morgan fingerprint density at radius 3 is 2.45 bits per heavy atom. The second-order valence-corrected chi connectivity index (χ2v) is 3.48. The van der Waals surface area contributed by atoms with Gasteiger partial charge in [-0.1, -0.05) is 13.8 Å². The summed E-state index contributed by atoms with van der Waals surface area (Å²) >= 11 is 4.25. The predicted octanol–water partition coefficient (Wildman–Crippen LogP) is 2.80. The molecular formula is C9H13NS. The Labute approximate surface area is 73.3 Å². The number of aryl methyl sites for hydroxylation is 1. The van der Waals surface area contributed by atoms with E-state index in [0.29, 0.717) is 5.92 Å². The van der Waals surface area contributed by atoms with E-state index < -0.39 is 0 Å². The molecule has 0 aliphatic heterocycles. The van der Waals surface area contributed by atoms with Crippen LogP contribution in [-0.4, -0.2) is 4.98 Å². The van der Waals surface area contributed by atoms with E-state index in [-0.39, 0.29) is 0 Å². The molecule has 1 aromatic rings. The SMILES string of the molecule is Cc1nc(C(C)C)ccc1S. The molecule has 0 aliphatic rings. The number of hydrogen-bond donors (Lipinski definition) is 1. The van der Waals surface area contributed by atoms with Crippen LogP contribution >= 0.6 is 12.6 Å². The Balaban J connectivity index is 3.05. The number of pyridine rings is 1. The maximum absolute atomic E-state index is 4.40. The van der Waals surface area contributed by atoms with Gasteiger partial charge in [-0.2, -0.15) is 0 Å². The lowest BCUT2D eigenvalue weighted by Crippen LogP contribution is -1.94. The Bertz CT molecular complexity index is 256. The maximum atomic E-state index is 4.40. The Morgan fingerprint density at radius 2 is 2.00 bits per heavy atom. The number of hydrogen-bond acceptors (Lipinski definition) is 2. The minimum absolute atomic E-state index is 0.502. The van der Waals surface area contributed by atoms with Gasteiger partial charge in [-0.15, -0.1) is 12.6 Å². The summed E-state index contributed by atoms with van der Waals surface area (Å²) in [6, 6.07) is 4.03. The maximum Gasteiger partial charge on any atom is 0.0509 e. The van der Waals surface area contributed by atoms with Crippen LogP contribution in [0.4, 0.5) is 0 Å². The fourth-order valence-corrected chi connectivity index (χ4v) is 1.02. The van der Waals surface area contributed by atoms with Gasteiger partial charge in [-0.25, -0.2) is 0 Å². The van der Waals surface area contributed by atoms with E-state index in [1.807, 2.05) is 19.1 Å². The molecule has 0 unspecified atom stereocenters. The topological polar surface area (TPSA) is 12.9 Å². The van der Waals surface area contributed by atoms with Gasteiger partial charge < -0.3 is 0 Å². The van der Waals surface area contributed by atoms with Crippen LogP contribution in [0.15, 0.2) is 17.0 Å². The summed E-state index contributed by atoms with van der Waals surface area (Å²) in [5.41, 5.74) is 2.15. The highest BCUT2D eigenvalue weighted by molar-refractivity contribution is 7.80. The molecular weight excluding hydrogens is 154 g/mol. The lowest BCUT2D eigenvalue weighted by molar-refractivity contribution is 0.808. The molecule has 0 bridgehead atoms. The van der Waals surface area contributed by atoms with Gasteiger partial charge in [0, 0.05) is 10.6 Å². The van der Waals surface area contributed by atoms with Crippen LogP contribution in [0.3, 0.4) is 0 Å². The number of nitrogens with zero attached hydrogens (tertiary/aromatic N) is 1. The first kappa shape index (κ1) is 8.60. The van der Waals surface area contributed by atoms with Crippen LogP contribution in [-0.2, 0) is 0 Å². The quantitative estimate of drug-likeness (QED) is 0.635. The molecule has 11 heavy (non-hydrogen) atoms. The van der Waals surface area contributed by atoms with E-state index in [2.05, 4.69) is 31.5 Å². The highest BCUT2D eigenvalue weighted by Gasteiger charge is 2.01. The molecule has 0 aliphatic carbocycles. The second-order valence-electron chi connectivity index (χ2n) is 3.00. The van der Waals surface area contributed by atoms with Crippen molar-refractivity contribution >= 4 is 12.6 Å². The Kier molecular flexibility index (Phi) is 2.55. The second kappa shape index (κ2) is 3.26. The number of aromatic nitrogens is 1. The van der Waals surface area contributed by atoms with Crippen molar-refractivity contribution < 1.29 is 0 Å². The van der Waals surface area contributed by atoms with Gasteiger partial charge in [0.25, 0.3) is 0 Å². The molecule has 0 radical (unpaired) electrons. The molecule has 1 nitrogen and oxygen atoms in total. The molecule has 0 N–H and O–H groups in total. The average Bonchev–Trinajstić information content (AvgIpc) is 1.94. The summed E-state index contributed by atoms with van der Waals surface area (Å²) in [6.45, 7) is 6.26. The molecule has 0 spiro atoms. The van der Waals surface area contributed by atoms with E-state index in [1.54, 1.807) is 0 Å². The van der Waals surface area contributed by atoms with Gasteiger partial charge >= 0.3 is 0 Å². The molecule has 0 atom stereocenters. The fourth-order valence-electron chi connectivity index (χ4n) is 0.895. The zero-order chi connectivity index (χ0) is 8.43. The monoisotopic (exact) mass is 167 g/mol. The molecule has 1 rings (SSSR count). The van der Waals surface area contributed by atoms with Crippen molar-refractivity contribution in [2.45, 2.75) is 31.6 Å². The molecule has 2 heteroatoms. The van der Waals surface area contributed by atoms with Crippen LogP contribution in [0.25, 0.3) is 0 Å². The van der Waals surface area contributed by atoms with E-state index >= 15 is 0 Å². The van der Waals surface area contributed by atoms with Crippen molar-refractivity contribution in [3.8, 4) is 0 Å². The normalized spacial score (nSPS) is 10.6. The van der Waals surface area contributed by atoms with Crippen molar-refractivity contribution in [2.75, 3.05) is 0 Å². The van der Waals surface area contributed by atoms with E-state index in [9.17, 15) is 0 Å². The highest BCUT2D eigenvalue weighted by atomic mass is 32.1. The summed E-state index contributed by atoms with van der Waals surface area (Å²) in [7, 11) is 0. The lowest BCUT2D eigenvalue weighted by Gasteiger charge is -2.05. The predicted molar refractivity (Wildman–Crippen MR) is 50.3 cm³/mol. The summed E-state index contributed by atoms with van der Waals surface area (Å²) < 4.78 is 0. The minimum atomic E-state index is 0.502. The Hall–Kier alpha value is -0.500. The van der Waals surface area contributed by atoms with Gasteiger partial charge in [0.05, 0.1) is 5.69 Å². The van der Waals surface area contributed by atoms with Gasteiger partial charge in [0.15, 0.2) is 0 Å². The van der Waals surface area contributed by atoms with E-state index in [4.69, 9.17) is 0 Å². The van der Waals surface area contributed by atoms with Crippen molar-refractivity contribution in [1.29, 1.82) is 0 Å². The first-order valence-corrected chi connectivity index (χ1v) is 4.22. The molecule has 0 fully saturated rings. The van der Waals surface area contributed by atoms with Crippen molar-refractivity contribution in [1.82, 2.24) is 4.98 Å². The molecule has 1 heterocycles. The van der Waals surface area contributed by atoms with Crippen LogP contribution in [0, 0.1) is 6.92 Å². The highest BCUT2D eigenvalue weighted by Crippen LogP contribution is 2.16. The lowest BCUT2D eigenvalue weighted by atomic mass is 10.1. The van der Waals surface area contributed by atoms with Crippen LogP contribution in [0.1, 0.15) is 31.2 Å². The van der Waals surface area contributed by atoms with Gasteiger partial charge in [-0.05, 0) is 25.0 Å². The van der Waals surface area contributed by atoms with Gasteiger partial charge in [0.2, 0.25) is 0 Å². The van der Waals surface area contributed by atoms with Gasteiger partial charge in [0.1, 0.15) is 0 Å². The smallest absolute Gasteiger partial charge is 0.0509 e. The summed E-state index contributed by atoms with van der Waals surface area (Å²) in [6.07, 6.45) is 0. The summed E-state index contributed by atoms with van der Waals surface area (Å²) in [5.74, 6) is 0.502. The minimum Gasteiger partial charge on any atom is -0.257 e. The van der Waals surface area contributed by atoms with E-state index in [0.717, 1.165) is 16.3 Å². The summed E-state index contributed by atoms with van der Waals surface area (Å²) in [4.78, 5) is 5.36. The standard InChI is InChI=1S/C9H13NS/c1-6(2)8-4-5-9(11)7(3)10-8/h4-6,11H,1-3H3.